The molecule has 2 aromatic rings. The lowest BCUT2D eigenvalue weighted by Gasteiger charge is -2.29. The van der Waals surface area contributed by atoms with E-state index in [9.17, 15) is 4.79 Å². The van der Waals surface area contributed by atoms with Crippen LogP contribution in [-0.4, -0.2) is 42.8 Å². The minimum absolute atomic E-state index is 0.0622. The Morgan fingerprint density at radius 2 is 1.83 bits per heavy atom. The number of amides is 1. The number of likely N-dealkylation sites (tertiary alicyclic amines) is 1. The first kappa shape index (κ1) is 20.3. The van der Waals surface area contributed by atoms with Crippen LogP contribution in [0.3, 0.4) is 0 Å². The van der Waals surface area contributed by atoms with E-state index in [4.69, 9.17) is 16.3 Å². The zero-order valence-electron chi connectivity index (χ0n) is 16.3. The largest absolute Gasteiger partial charge is 0.486 e. The summed E-state index contributed by atoms with van der Waals surface area (Å²) in [6, 6.07) is 17.9. The van der Waals surface area contributed by atoms with Crippen LogP contribution in [0.25, 0.3) is 4.91 Å². The van der Waals surface area contributed by atoms with Crippen LogP contribution in [0.2, 0.25) is 5.02 Å². The predicted octanol–water partition coefficient (Wildman–Crippen LogP) is 4.73. The minimum Gasteiger partial charge on any atom is -0.486 e. The van der Waals surface area contributed by atoms with Gasteiger partial charge in [-0.15, -0.1) is 11.8 Å². The van der Waals surface area contributed by atoms with Gasteiger partial charge in [-0.3, -0.25) is 9.69 Å². The Morgan fingerprint density at radius 3 is 2.59 bits per heavy atom. The molecule has 0 spiro atoms. The number of ether oxygens (including phenoxy) is 1. The fourth-order valence-electron chi connectivity index (χ4n) is 3.90. The highest BCUT2D eigenvalue weighted by Gasteiger charge is 2.28. The van der Waals surface area contributed by atoms with Crippen LogP contribution in [0.5, 0.6) is 0 Å². The molecule has 1 amide bonds. The molecule has 0 unspecified atom stereocenters. The summed E-state index contributed by atoms with van der Waals surface area (Å²) >= 11 is 8.16. The highest BCUT2D eigenvalue weighted by Crippen LogP contribution is 2.35. The second-order valence-electron chi connectivity index (χ2n) is 7.21. The summed E-state index contributed by atoms with van der Waals surface area (Å²) in [4.78, 5) is 16.4. The maximum atomic E-state index is 13.1. The number of thioether (sulfide) groups is 1. The van der Waals surface area contributed by atoms with E-state index in [0.29, 0.717) is 18.9 Å². The molecule has 0 saturated carbocycles. The zero-order chi connectivity index (χ0) is 20.1. The molecule has 2 aromatic carbocycles. The third-order valence-corrected chi connectivity index (χ3v) is 6.75. The molecule has 6 heteroatoms. The van der Waals surface area contributed by atoms with Gasteiger partial charge in [-0.25, -0.2) is 0 Å². The summed E-state index contributed by atoms with van der Waals surface area (Å²) in [5, 5.41) is 3.86. The molecular weight excluding hydrogens is 404 g/mol. The van der Waals surface area contributed by atoms with Crippen LogP contribution in [0.15, 0.2) is 60.4 Å². The van der Waals surface area contributed by atoms with Gasteiger partial charge < -0.3 is 10.1 Å². The number of hydrogen-bond donors (Lipinski definition) is 1. The van der Waals surface area contributed by atoms with Crippen molar-refractivity contribution < 1.29 is 9.53 Å². The van der Waals surface area contributed by atoms with Crippen molar-refractivity contribution in [1.29, 1.82) is 0 Å². The molecule has 2 aliphatic rings. The Labute approximate surface area is 181 Å². The maximum Gasteiger partial charge on any atom is 0.287 e. The molecule has 4 rings (SSSR count). The van der Waals surface area contributed by atoms with Crippen molar-refractivity contribution in [3.8, 4) is 0 Å². The molecule has 1 fully saturated rings. The van der Waals surface area contributed by atoms with Crippen LogP contribution in [0.1, 0.15) is 30.0 Å². The summed E-state index contributed by atoms with van der Waals surface area (Å²) in [6.07, 6.45) is 2.36. The van der Waals surface area contributed by atoms with E-state index in [1.807, 2.05) is 48.5 Å². The number of carbonyl (C=O) groups excluding carboxylic acids is 1. The lowest BCUT2D eigenvalue weighted by molar-refractivity contribution is -0.121. The second kappa shape index (κ2) is 9.70. The number of benzene rings is 2. The third kappa shape index (κ3) is 4.80. The summed E-state index contributed by atoms with van der Waals surface area (Å²) in [7, 11) is 0. The summed E-state index contributed by atoms with van der Waals surface area (Å²) in [6.45, 7) is 3.10. The van der Waals surface area contributed by atoms with E-state index >= 15 is 0 Å². The van der Waals surface area contributed by atoms with Crippen LogP contribution in [0, 0.1) is 0 Å². The van der Waals surface area contributed by atoms with Gasteiger partial charge in [0.15, 0.2) is 5.76 Å². The second-order valence-corrected chi connectivity index (χ2v) is 8.72. The van der Waals surface area contributed by atoms with E-state index in [1.165, 1.54) is 12.8 Å². The molecule has 29 heavy (non-hydrogen) atoms. The van der Waals surface area contributed by atoms with E-state index < -0.39 is 0 Å². The Balaban J connectivity index is 1.54. The Kier molecular flexibility index (Phi) is 6.80. The van der Waals surface area contributed by atoms with Crippen molar-refractivity contribution >= 4 is 34.2 Å². The highest BCUT2D eigenvalue weighted by atomic mass is 35.5. The Morgan fingerprint density at radius 1 is 1.10 bits per heavy atom. The van der Waals surface area contributed by atoms with Crippen molar-refractivity contribution in [2.75, 3.05) is 32.0 Å². The number of hydrogen-bond acceptors (Lipinski definition) is 4. The van der Waals surface area contributed by atoms with E-state index in [1.54, 1.807) is 11.8 Å². The molecule has 4 nitrogen and oxygen atoms in total. The van der Waals surface area contributed by atoms with Gasteiger partial charge in [0.2, 0.25) is 0 Å². The molecule has 0 radical (unpaired) electrons. The number of nitrogens with one attached hydrogen (secondary N) is 1. The fourth-order valence-corrected chi connectivity index (χ4v) is 5.11. The topological polar surface area (TPSA) is 41.6 Å². The predicted molar refractivity (Wildman–Crippen MR) is 120 cm³/mol. The van der Waals surface area contributed by atoms with Crippen molar-refractivity contribution in [2.24, 2.45) is 0 Å². The quantitative estimate of drug-likeness (QED) is 0.722. The minimum atomic E-state index is -0.160. The van der Waals surface area contributed by atoms with Gasteiger partial charge in [0, 0.05) is 17.3 Å². The van der Waals surface area contributed by atoms with Gasteiger partial charge in [-0.05, 0) is 43.1 Å². The Hall–Kier alpha value is -1.95. The smallest absolute Gasteiger partial charge is 0.287 e. The molecule has 1 saturated heterocycles. The molecule has 2 aliphatic heterocycles. The molecule has 1 N–H and O–H groups in total. The van der Waals surface area contributed by atoms with Gasteiger partial charge in [-0.1, -0.05) is 60.1 Å². The lowest BCUT2D eigenvalue weighted by atomic mass is 10.1. The average molecular weight is 429 g/mol. The van der Waals surface area contributed by atoms with Crippen LogP contribution in [0.4, 0.5) is 0 Å². The molecule has 1 atom stereocenters. The number of halogens is 1. The van der Waals surface area contributed by atoms with Crippen molar-refractivity contribution in [3.05, 3.63) is 76.5 Å². The Bertz CT molecular complexity index is 881. The lowest BCUT2D eigenvalue weighted by Crippen LogP contribution is -2.38. The fraction of sp³-hybridized carbons (Fsp3) is 0.348. The van der Waals surface area contributed by atoms with E-state index in [0.717, 1.165) is 39.9 Å². The first-order chi connectivity index (χ1) is 14.2. The highest BCUT2D eigenvalue weighted by molar-refractivity contribution is 8.08. The normalized spacial score (nSPS) is 18.4. The van der Waals surface area contributed by atoms with Crippen LogP contribution in [-0.2, 0) is 9.53 Å². The third-order valence-electron chi connectivity index (χ3n) is 5.33. The van der Waals surface area contributed by atoms with Gasteiger partial charge in [-0.2, -0.15) is 0 Å². The van der Waals surface area contributed by atoms with Crippen molar-refractivity contribution in [1.82, 2.24) is 10.2 Å². The molecule has 152 valence electrons. The molecule has 2 heterocycles. The van der Waals surface area contributed by atoms with Gasteiger partial charge in [0.1, 0.15) is 0 Å². The zero-order valence-corrected chi connectivity index (χ0v) is 17.8. The van der Waals surface area contributed by atoms with Gasteiger partial charge in [0.05, 0.1) is 17.6 Å². The first-order valence-electron chi connectivity index (χ1n) is 10.1. The van der Waals surface area contributed by atoms with Crippen LogP contribution < -0.4 is 5.32 Å². The maximum absolute atomic E-state index is 13.1. The average Bonchev–Trinajstić information content (AvgIpc) is 3.30. The number of carbonyl (C=O) groups is 1. The van der Waals surface area contributed by atoms with Gasteiger partial charge in [0.25, 0.3) is 5.91 Å². The van der Waals surface area contributed by atoms with Crippen molar-refractivity contribution in [3.63, 3.8) is 0 Å². The van der Waals surface area contributed by atoms with Crippen molar-refractivity contribution in [2.45, 2.75) is 18.9 Å². The van der Waals surface area contributed by atoms with Gasteiger partial charge >= 0.3 is 0 Å². The first-order valence-corrected chi connectivity index (χ1v) is 11.4. The molecular formula is C23H25ClN2O2S. The number of nitrogens with zero attached hydrogens (tertiary/aromatic N) is 1. The van der Waals surface area contributed by atoms with E-state index in [-0.39, 0.29) is 11.9 Å². The SMILES string of the molecule is O=C(NC[C@@H](c1ccccc1Cl)N1CCCC1)C1=C(c2ccccc2)SCCO1. The van der Waals surface area contributed by atoms with E-state index in [2.05, 4.69) is 16.3 Å². The summed E-state index contributed by atoms with van der Waals surface area (Å²) in [5.74, 6) is 1.11. The monoisotopic (exact) mass is 428 g/mol. The molecule has 0 aliphatic carbocycles. The standard InChI is InChI=1S/C23H25ClN2O2S/c24-19-11-5-4-10-18(19)20(26-12-6-7-13-26)16-25-23(27)21-22(29-15-14-28-21)17-8-2-1-3-9-17/h1-5,8-11,20H,6-7,12-16H2,(H,25,27)/t20-/m0/s1. The number of rotatable bonds is 6. The summed E-state index contributed by atoms with van der Waals surface area (Å²) < 4.78 is 5.80. The molecule has 0 aromatic heterocycles. The van der Waals surface area contributed by atoms with Crippen LogP contribution >= 0.6 is 23.4 Å². The summed E-state index contributed by atoms with van der Waals surface area (Å²) in [5.41, 5.74) is 2.08. The molecule has 0 bridgehead atoms.